The Bertz CT molecular complexity index is 877. The largest absolute Gasteiger partial charge is 0.357 e. The maximum absolute atomic E-state index is 14.0. The first-order valence-electron chi connectivity index (χ1n) is 11.4. The highest BCUT2D eigenvalue weighted by molar-refractivity contribution is 14.0. The molecular weight excluding hydrogens is 536 g/mol. The predicted octanol–water partition coefficient (Wildman–Crippen LogP) is 1.58. The number of nitrogens with one attached hydrogen (secondary N) is 2. The number of anilines is 2. The standard InChI is InChI=1S/C22H32FN9.HI/c1-2-24-21(29-18-6-11-32(17-18)20-19(23)5-3-7-25-20)26-10-12-30-13-15-31(16-14-30)22-27-8-4-9-28-22;/h3-5,7-9,18H,2,6,10-17H2,1H3,(H2,24,26,29);1H. The van der Waals surface area contributed by atoms with Gasteiger partial charge in [0.2, 0.25) is 5.95 Å². The van der Waals surface area contributed by atoms with Crippen molar-refractivity contribution in [1.82, 2.24) is 30.5 Å². The van der Waals surface area contributed by atoms with E-state index in [1.165, 1.54) is 6.07 Å². The van der Waals surface area contributed by atoms with Gasteiger partial charge in [-0.3, -0.25) is 9.89 Å². The molecule has 1 unspecified atom stereocenters. The molecule has 4 rings (SSSR count). The van der Waals surface area contributed by atoms with E-state index in [4.69, 9.17) is 4.99 Å². The van der Waals surface area contributed by atoms with E-state index < -0.39 is 0 Å². The Morgan fingerprint density at radius 2 is 1.82 bits per heavy atom. The highest BCUT2D eigenvalue weighted by atomic mass is 127. The Kier molecular flexibility index (Phi) is 9.85. The van der Waals surface area contributed by atoms with Crippen LogP contribution in [0.3, 0.4) is 0 Å². The van der Waals surface area contributed by atoms with E-state index in [1.807, 2.05) is 11.0 Å². The van der Waals surface area contributed by atoms with Gasteiger partial charge >= 0.3 is 0 Å². The van der Waals surface area contributed by atoms with Crippen LogP contribution in [0.4, 0.5) is 16.2 Å². The Labute approximate surface area is 211 Å². The van der Waals surface area contributed by atoms with E-state index in [9.17, 15) is 4.39 Å². The van der Waals surface area contributed by atoms with Crippen LogP contribution in [0.15, 0.2) is 41.8 Å². The van der Waals surface area contributed by atoms with Gasteiger partial charge in [0.25, 0.3) is 0 Å². The highest BCUT2D eigenvalue weighted by Gasteiger charge is 2.26. The second kappa shape index (κ2) is 12.8. The first kappa shape index (κ1) is 25.3. The number of guanidine groups is 1. The molecule has 0 radical (unpaired) electrons. The van der Waals surface area contributed by atoms with Crippen LogP contribution in [0.1, 0.15) is 13.3 Å². The minimum absolute atomic E-state index is 0. The van der Waals surface area contributed by atoms with Crippen molar-refractivity contribution in [2.45, 2.75) is 19.4 Å². The highest BCUT2D eigenvalue weighted by Crippen LogP contribution is 2.20. The fourth-order valence-electron chi connectivity index (χ4n) is 4.12. The summed E-state index contributed by atoms with van der Waals surface area (Å²) in [6, 6.07) is 5.13. The number of pyridine rings is 1. The van der Waals surface area contributed by atoms with Crippen LogP contribution in [0.5, 0.6) is 0 Å². The molecule has 4 heterocycles. The first-order valence-corrected chi connectivity index (χ1v) is 11.4. The smallest absolute Gasteiger partial charge is 0.225 e. The molecule has 0 amide bonds. The number of aromatic nitrogens is 3. The molecule has 0 aromatic carbocycles. The molecule has 2 saturated heterocycles. The van der Waals surface area contributed by atoms with Crippen LogP contribution in [0.2, 0.25) is 0 Å². The van der Waals surface area contributed by atoms with Crippen LogP contribution in [0.25, 0.3) is 0 Å². The fourth-order valence-corrected chi connectivity index (χ4v) is 4.12. The Morgan fingerprint density at radius 3 is 2.55 bits per heavy atom. The number of aliphatic imine (C=N–C) groups is 1. The van der Waals surface area contributed by atoms with Crippen molar-refractivity contribution in [3.05, 3.63) is 42.6 Å². The van der Waals surface area contributed by atoms with Crippen molar-refractivity contribution in [2.75, 3.05) is 68.7 Å². The average molecular weight is 569 g/mol. The maximum atomic E-state index is 14.0. The lowest BCUT2D eigenvalue weighted by Crippen LogP contribution is -2.48. The van der Waals surface area contributed by atoms with Gasteiger partial charge in [0.05, 0.1) is 6.54 Å². The van der Waals surface area contributed by atoms with Gasteiger partial charge in [-0.15, -0.1) is 24.0 Å². The van der Waals surface area contributed by atoms with E-state index >= 15 is 0 Å². The zero-order valence-electron chi connectivity index (χ0n) is 19.0. The van der Waals surface area contributed by atoms with Crippen molar-refractivity contribution < 1.29 is 4.39 Å². The quantitative estimate of drug-likeness (QED) is 0.296. The molecule has 2 N–H and O–H groups in total. The van der Waals surface area contributed by atoms with E-state index in [0.29, 0.717) is 12.4 Å². The van der Waals surface area contributed by atoms with Gasteiger partial charge in [-0.25, -0.2) is 19.3 Å². The number of hydrogen-bond donors (Lipinski definition) is 2. The van der Waals surface area contributed by atoms with Crippen LogP contribution in [-0.4, -0.2) is 90.8 Å². The van der Waals surface area contributed by atoms with Gasteiger partial charge in [-0.05, 0) is 31.5 Å². The molecule has 2 aliphatic heterocycles. The van der Waals surface area contributed by atoms with Crippen LogP contribution in [0, 0.1) is 5.82 Å². The van der Waals surface area contributed by atoms with Crippen molar-refractivity contribution in [3.63, 3.8) is 0 Å². The monoisotopic (exact) mass is 569 g/mol. The zero-order chi connectivity index (χ0) is 22.2. The van der Waals surface area contributed by atoms with Gasteiger partial charge in [0.1, 0.15) is 0 Å². The molecule has 2 aromatic rings. The first-order chi connectivity index (χ1) is 15.7. The molecule has 0 aliphatic carbocycles. The summed E-state index contributed by atoms with van der Waals surface area (Å²) < 4.78 is 14.0. The Balaban J connectivity index is 0.00000306. The van der Waals surface area contributed by atoms with Crippen LogP contribution >= 0.6 is 24.0 Å². The lowest BCUT2D eigenvalue weighted by atomic mass is 10.3. The Hall–Kier alpha value is -2.28. The second-order valence-corrected chi connectivity index (χ2v) is 8.02. The number of hydrogen-bond acceptors (Lipinski definition) is 7. The van der Waals surface area contributed by atoms with E-state index in [1.54, 1.807) is 24.7 Å². The minimum Gasteiger partial charge on any atom is -0.357 e. The summed E-state index contributed by atoms with van der Waals surface area (Å²) in [5.74, 6) is 1.78. The average Bonchev–Trinajstić information content (AvgIpc) is 3.29. The van der Waals surface area contributed by atoms with E-state index in [2.05, 4.69) is 42.3 Å². The van der Waals surface area contributed by atoms with Crippen molar-refractivity contribution in [1.29, 1.82) is 0 Å². The maximum Gasteiger partial charge on any atom is 0.225 e. The molecule has 0 spiro atoms. The summed E-state index contributed by atoms with van der Waals surface area (Å²) in [6.07, 6.45) is 6.13. The number of piperazine rings is 1. The molecule has 2 fully saturated rings. The van der Waals surface area contributed by atoms with Gasteiger partial charge in [-0.2, -0.15) is 0 Å². The molecular formula is C22H33FIN9. The molecule has 0 saturated carbocycles. The van der Waals surface area contributed by atoms with Gasteiger partial charge < -0.3 is 20.4 Å². The van der Waals surface area contributed by atoms with Crippen molar-refractivity contribution in [2.24, 2.45) is 4.99 Å². The number of halogens is 2. The minimum atomic E-state index is -0.271. The number of nitrogens with zero attached hydrogens (tertiary/aromatic N) is 7. The molecule has 1 atom stereocenters. The summed E-state index contributed by atoms with van der Waals surface area (Å²) >= 11 is 0. The van der Waals surface area contributed by atoms with Gasteiger partial charge in [0, 0.05) is 77.0 Å². The predicted molar refractivity (Wildman–Crippen MR) is 140 cm³/mol. The summed E-state index contributed by atoms with van der Waals surface area (Å²) in [5.41, 5.74) is 0. The summed E-state index contributed by atoms with van der Waals surface area (Å²) in [4.78, 5) is 24.3. The third kappa shape index (κ3) is 7.10. The molecule has 0 bridgehead atoms. The lowest BCUT2D eigenvalue weighted by molar-refractivity contribution is 0.263. The summed E-state index contributed by atoms with van der Waals surface area (Å²) in [6.45, 7) is 9.79. The molecule has 11 heteroatoms. The molecule has 2 aromatic heterocycles. The normalized spacial score (nSPS) is 19.3. The lowest BCUT2D eigenvalue weighted by Gasteiger charge is -2.34. The van der Waals surface area contributed by atoms with E-state index in [0.717, 1.165) is 70.7 Å². The third-order valence-electron chi connectivity index (χ3n) is 5.81. The SMILES string of the molecule is CCNC(=NCCN1CCN(c2ncccn2)CC1)NC1CCN(c2ncccc2F)C1.I. The zero-order valence-corrected chi connectivity index (χ0v) is 21.4. The fraction of sp³-hybridized carbons (Fsp3) is 0.545. The summed E-state index contributed by atoms with van der Waals surface area (Å²) in [5, 5.41) is 6.84. The third-order valence-corrected chi connectivity index (χ3v) is 5.81. The van der Waals surface area contributed by atoms with Gasteiger partial charge in [-0.1, -0.05) is 0 Å². The summed E-state index contributed by atoms with van der Waals surface area (Å²) in [7, 11) is 0. The van der Waals surface area contributed by atoms with Crippen molar-refractivity contribution >= 4 is 41.7 Å². The van der Waals surface area contributed by atoms with Crippen LogP contribution < -0.4 is 20.4 Å². The van der Waals surface area contributed by atoms with Crippen LogP contribution in [-0.2, 0) is 0 Å². The molecule has 2 aliphatic rings. The van der Waals surface area contributed by atoms with Crippen molar-refractivity contribution in [3.8, 4) is 0 Å². The Morgan fingerprint density at radius 1 is 1.06 bits per heavy atom. The van der Waals surface area contributed by atoms with Gasteiger partial charge in [0.15, 0.2) is 17.6 Å². The second-order valence-electron chi connectivity index (χ2n) is 8.02. The van der Waals surface area contributed by atoms with E-state index in [-0.39, 0.29) is 35.8 Å². The molecule has 33 heavy (non-hydrogen) atoms. The molecule has 180 valence electrons. The molecule has 9 nitrogen and oxygen atoms in total. The number of rotatable bonds is 7. The topological polar surface area (TPSA) is 84.8 Å².